The predicted octanol–water partition coefficient (Wildman–Crippen LogP) is 2.64. The van der Waals surface area contributed by atoms with E-state index in [0.717, 1.165) is 30.6 Å². The van der Waals surface area contributed by atoms with Crippen molar-refractivity contribution in [1.82, 2.24) is 14.6 Å². The molecule has 1 fully saturated rings. The largest absolute Gasteiger partial charge is 0.346 e. The van der Waals surface area contributed by atoms with Gasteiger partial charge in [-0.05, 0) is 37.1 Å². The minimum Gasteiger partial charge on any atom is -0.346 e. The van der Waals surface area contributed by atoms with Crippen LogP contribution in [0.3, 0.4) is 0 Å². The minimum atomic E-state index is -3.43. The summed E-state index contributed by atoms with van der Waals surface area (Å²) in [4.78, 5) is 16.8. The average Bonchev–Trinajstić information content (AvgIpc) is 2.94. The molecule has 6 nitrogen and oxygen atoms in total. The molecule has 0 bridgehead atoms. The number of hydrogen-bond acceptors (Lipinski definition) is 5. The number of pyridine rings is 1. The van der Waals surface area contributed by atoms with Gasteiger partial charge in [0.05, 0.1) is 6.54 Å². The van der Waals surface area contributed by atoms with E-state index in [9.17, 15) is 13.2 Å². The molecule has 2 aromatic heterocycles. The number of nitrogens with zero attached hydrogens (tertiary/aromatic N) is 2. The molecule has 1 saturated heterocycles. The van der Waals surface area contributed by atoms with Crippen molar-refractivity contribution in [3.05, 3.63) is 47.1 Å². The Morgan fingerprint density at radius 1 is 1.12 bits per heavy atom. The van der Waals surface area contributed by atoms with E-state index in [0.29, 0.717) is 23.0 Å². The van der Waals surface area contributed by atoms with Crippen LogP contribution in [-0.2, 0) is 16.6 Å². The molecule has 2 aromatic rings. The van der Waals surface area contributed by atoms with Gasteiger partial charge < -0.3 is 5.32 Å². The van der Waals surface area contributed by atoms with Gasteiger partial charge in [-0.25, -0.2) is 8.42 Å². The van der Waals surface area contributed by atoms with Crippen molar-refractivity contribution in [3.8, 4) is 0 Å². The molecule has 3 rings (SSSR count). The lowest BCUT2D eigenvalue weighted by Crippen LogP contribution is -2.31. The van der Waals surface area contributed by atoms with Crippen LogP contribution in [0.1, 0.15) is 41.0 Å². The van der Waals surface area contributed by atoms with Crippen molar-refractivity contribution in [2.75, 3.05) is 13.1 Å². The molecule has 1 amide bonds. The third-order valence-electron chi connectivity index (χ3n) is 4.12. The highest BCUT2D eigenvalue weighted by Crippen LogP contribution is 2.26. The van der Waals surface area contributed by atoms with Crippen LogP contribution in [0.4, 0.5) is 0 Å². The Hall–Kier alpha value is -1.77. The van der Waals surface area contributed by atoms with Crippen molar-refractivity contribution in [1.29, 1.82) is 0 Å². The summed E-state index contributed by atoms with van der Waals surface area (Å²) in [6.45, 7) is 1.47. The van der Waals surface area contributed by atoms with Crippen molar-refractivity contribution < 1.29 is 13.2 Å². The molecule has 0 unspecified atom stereocenters. The second-order valence-corrected chi connectivity index (χ2v) is 9.27. The van der Waals surface area contributed by atoms with E-state index in [1.807, 2.05) is 0 Å². The highest BCUT2D eigenvalue weighted by molar-refractivity contribution is 7.91. The maximum atomic E-state index is 12.8. The lowest BCUT2D eigenvalue weighted by Gasteiger charge is -2.18. The zero-order chi connectivity index (χ0) is 17.7. The van der Waals surface area contributed by atoms with E-state index in [2.05, 4.69) is 10.3 Å². The van der Waals surface area contributed by atoms with Gasteiger partial charge in [0.2, 0.25) is 0 Å². The molecule has 0 radical (unpaired) electrons. The zero-order valence-corrected chi connectivity index (χ0v) is 15.5. The van der Waals surface area contributed by atoms with Gasteiger partial charge in [0.15, 0.2) is 0 Å². The molecule has 0 atom stereocenters. The first-order valence-corrected chi connectivity index (χ1v) is 10.6. The van der Waals surface area contributed by atoms with Crippen LogP contribution < -0.4 is 5.32 Å². The molecule has 134 valence electrons. The molecule has 1 N–H and O–H groups in total. The van der Waals surface area contributed by atoms with Crippen molar-refractivity contribution in [3.63, 3.8) is 0 Å². The summed E-state index contributed by atoms with van der Waals surface area (Å²) in [5.74, 6) is -0.272. The summed E-state index contributed by atoms with van der Waals surface area (Å²) >= 11 is 1.21. The summed E-state index contributed by atoms with van der Waals surface area (Å²) in [6.07, 6.45) is 5.56. The Kier molecular flexibility index (Phi) is 5.82. The normalized spacial score (nSPS) is 16.3. The highest BCUT2D eigenvalue weighted by Gasteiger charge is 2.26. The van der Waals surface area contributed by atoms with E-state index < -0.39 is 10.0 Å². The molecular weight excluding hydrogens is 358 g/mol. The fourth-order valence-corrected chi connectivity index (χ4v) is 5.72. The number of carbonyl (C=O) groups excluding carboxylic acids is 1. The first kappa shape index (κ1) is 18.0. The van der Waals surface area contributed by atoms with Crippen LogP contribution in [0, 0.1) is 0 Å². The Balaban J connectivity index is 1.64. The maximum Gasteiger partial charge on any atom is 0.270 e. The molecular formula is C17H21N3O3S2. The second kappa shape index (κ2) is 8.07. The van der Waals surface area contributed by atoms with Crippen LogP contribution in [0.2, 0.25) is 0 Å². The first-order valence-electron chi connectivity index (χ1n) is 8.35. The number of carbonyl (C=O) groups is 1. The van der Waals surface area contributed by atoms with Gasteiger partial charge >= 0.3 is 0 Å². The fourth-order valence-electron chi connectivity index (χ4n) is 2.76. The van der Waals surface area contributed by atoms with Crippen molar-refractivity contribution >= 4 is 27.3 Å². The van der Waals surface area contributed by atoms with Gasteiger partial charge in [-0.2, -0.15) is 4.31 Å². The lowest BCUT2D eigenvalue weighted by molar-refractivity contribution is 0.0946. The average molecular weight is 380 g/mol. The van der Waals surface area contributed by atoms with Crippen LogP contribution in [-0.4, -0.2) is 36.7 Å². The third kappa shape index (κ3) is 4.45. The van der Waals surface area contributed by atoms with Gasteiger partial charge in [-0.15, -0.1) is 11.3 Å². The number of amides is 1. The van der Waals surface area contributed by atoms with Crippen LogP contribution in [0.15, 0.2) is 40.7 Å². The van der Waals surface area contributed by atoms with Gasteiger partial charge in [0.25, 0.3) is 15.9 Å². The standard InChI is InChI=1S/C17H21N3O3S2/c21-17(15-7-3-4-10-18-15)19-13-14-8-9-16(24-14)25(22,23)20-11-5-1-2-6-12-20/h3-4,7-10H,1-2,5-6,11-13H2,(H,19,21). The van der Waals surface area contributed by atoms with E-state index in [1.165, 1.54) is 11.3 Å². The predicted molar refractivity (Wildman–Crippen MR) is 97.0 cm³/mol. The molecule has 0 spiro atoms. The van der Waals surface area contributed by atoms with Crippen LogP contribution in [0.5, 0.6) is 0 Å². The minimum absolute atomic E-state index is 0.272. The van der Waals surface area contributed by atoms with E-state index in [-0.39, 0.29) is 12.5 Å². The van der Waals surface area contributed by atoms with Crippen molar-refractivity contribution in [2.24, 2.45) is 0 Å². The van der Waals surface area contributed by atoms with Gasteiger partial charge in [-0.3, -0.25) is 9.78 Å². The van der Waals surface area contributed by atoms with Crippen molar-refractivity contribution in [2.45, 2.75) is 36.4 Å². The quantitative estimate of drug-likeness (QED) is 0.866. The Morgan fingerprint density at radius 3 is 2.56 bits per heavy atom. The van der Waals surface area contributed by atoms with Gasteiger partial charge in [0, 0.05) is 24.2 Å². The molecule has 1 aliphatic heterocycles. The monoisotopic (exact) mass is 379 g/mol. The zero-order valence-electron chi connectivity index (χ0n) is 13.8. The number of nitrogens with one attached hydrogen (secondary N) is 1. The molecule has 8 heteroatoms. The first-order chi connectivity index (χ1) is 12.1. The molecule has 0 saturated carbocycles. The number of aromatic nitrogens is 1. The summed E-state index contributed by atoms with van der Waals surface area (Å²) in [7, 11) is -3.43. The molecule has 25 heavy (non-hydrogen) atoms. The number of rotatable bonds is 5. The van der Waals surface area contributed by atoms with E-state index in [4.69, 9.17) is 0 Å². The number of thiophene rings is 1. The number of hydrogen-bond donors (Lipinski definition) is 1. The molecule has 0 aromatic carbocycles. The molecule has 0 aliphatic carbocycles. The van der Waals surface area contributed by atoms with E-state index in [1.54, 1.807) is 40.8 Å². The maximum absolute atomic E-state index is 12.8. The fraction of sp³-hybridized carbons (Fsp3) is 0.412. The topological polar surface area (TPSA) is 79.4 Å². The van der Waals surface area contributed by atoms with Gasteiger partial charge in [0.1, 0.15) is 9.90 Å². The van der Waals surface area contributed by atoms with Crippen LogP contribution >= 0.6 is 11.3 Å². The SMILES string of the molecule is O=C(NCc1ccc(S(=O)(=O)N2CCCCCC2)s1)c1ccccn1. The lowest BCUT2D eigenvalue weighted by atomic mass is 10.2. The Bertz CT molecular complexity index is 811. The van der Waals surface area contributed by atoms with Gasteiger partial charge in [-0.1, -0.05) is 18.9 Å². The Labute approximate surface area is 151 Å². The highest BCUT2D eigenvalue weighted by atomic mass is 32.2. The second-order valence-electron chi connectivity index (χ2n) is 5.94. The Morgan fingerprint density at radius 2 is 1.88 bits per heavy atom. The summed E-state index contributed by atoms with van der Waals surface area (Å²) in [5, 5.41) is 2.77. The number of sulfonamides is 1. The third-order valence-corrected chi connectivity index (χ3v) is 7.57. The van der Waals surface area contributed by atoms with Crippen LogP contribution in [0.25, 0.3) is 0 Å². The summed E-state index contributed by atoms with van der Waals surface area (Å²) in [5.41, 5.74) is 0.344. The molecule has 1 aliphatic rings. The summed E-state index contributed by atoms with van der Waals surface area (Å²) in [6, 6.07) is 8.52. The smallest absolute Gasteiger partial charge is 0.270 e. The van der Waals surface area contributed by atoms with E-state index >= 15 is 0 Å². The molecule has 3 heterocycles. The summed E-state index contributed by atoms with van der Waals surface area (Å²) < 4.78 is 27.4.